The second kappa shape index (κ2) is 21.5. The van der Waals surface area contributed by atoms with Gasteiger partial charge < -0.3 is 9.67 Å². The number of para-hydroxylation sites is 1. The molecule has 1 aromatic heterocycles. The molecule has 0 spiro atoms. The average Bonchev–Trinajstić information content (AvgIpc) is 4.11. The number of rotatable bonds is 1. The third-order valence-corrected chi connectivity index (χ3v) is 15.9. The first-order valence-corrected chi connectivity index (χ1v) is 27.3. The summed E-state index contributed by atoms with van der Waals surface area (Å²) in [5.41, 5.74) is 19.4. The van der Waals surface area contributed by atoms with E-state index in [1.165, 1.54) is 93.8 Å². The first-order valence-electron chi connectivity index (χ1n) is 25.7. The number of nitrogens with zero attached hydrogens (tertiary/aromatic N) is 1. The third kappa shape index (κ3) is 9.96. The summed E-state index contributed by atoms with van der Waals surface area (Å²) in [5.74, 6) is 0. The Morgan fingerprint density at radius 3 is 1.47 bits per heavy atom. The van der Waals surface area contributed by atoms with Crippen molar-refractivity contribution in [2.45, 2.75) is 85.2 Å². The molecule has 11 aromatic rings. The summed E-state index contributed by atoms with van der Waals surface area (Å²) in [6, 6.07) is 69.3. The Bertz CT molecular complexity index is 3920. The molecule has 0 saturated carbocycles. The van der Waals surface area contributed by atoms with Crippen molar-refractivity contribution in [2.24, 2.45) is 0 Å². The van der Waals surface area contributed by atoms with Gasteiger partial charge in [0.2, 0.25) is 0 Å². The molecule has 0 atom stereocenters. The standard InChI is InChI=1S/C31H22ClN.C26H19Cl.C6H5Br.C4H9O.C2H6.Na/c1-31(2)25-15-9-8-12-20(25)23-16-24-28(17-26(23)31)33(19-10-4-3-5-11-19)29-18-27(32)21-13-6-7-14-22(21)30(24)29;1-26(2)22-10-6-5-7-17(22)21-14-20-15(12-23(21)26)11-16-13-24(27)18-8-3-4-9-19(18)25(16)20;7-6-4-2-1-3-5-6;1-4(2,3)5;1-2;/h3-18H,1-2H3;3-10,12-14H,11H2,1-2H3;1-5H;1-3H3;1-2H3;/q;;;-1;;+1. The fraction of sp³-hybridized carbons (Fsp3) is 0.188. The zero-order chi connectivity index (χ0) is 52.3. The molecule has 2 nitrogen and oxygen atoms in total. The van der Waals surface area contributed by atoms with Crippen LogP contribution in [0.4, 0.5) is 0 Å². The van der Waals surface area contributed by atoms with Crippen molar-refractivity contribution in [2.75, 3.05) is 0 Å². The van der Waals surface area contributed by atoms with Gasteiger partial charge >= 0.3 is 29.6 Å². The molecule has 1 heterocycles. The van der Waals surface area contributed by atoms with Gasteiger partial charge in [0.05, 0.1) is 16.1 Å². The van der Waals surface area contributed by atoms with Gasteiger partial charge in [-0.05, 0) is 139 Å². The van der Waals surface area contributed by atoms with Crippen LogP contribution in [0.3, 0.4) is 0 Å². The van der Waals surface area contributed by atoms with E-state index in [9.17, 15) is 5.11 Å². The van der Waals surface area contributed by atoms with E-state index in [1.54, 1.807) is 20.8 Å². The Hall–Kier alpha value is -5.46. The van der Waals surface area contributed by atoms with Crippen LogP contribution in [0.2, 0.25) is 10.0 Å². The van der Waals surface area contributed by atoms with Crippen molar-refractivity contribution in [3.63, 3.8) is 0 Å². The van der Waals surface area contributed by atoms with E-state index >= 15 is 0 Å². The van der Waals surface area contributed by atoms with Crippen molar-refractivity contribution >= 4 is 82.5 Å². The maximum Gasteiger partial charge on any atom is 1.00 e. The summed E-state index contributed by atoms with van der Waals surface area (Å²) >= 11 is 16.7. The van der Waals surface area contributed by atoms with Crippen molar-refractivity contribution < 1.29 is 34.7 Å². The van der Waals surface area contributed by atoms with Gasteiger partial charge in [0.25, 0.3) is 0 Å². The van der Waals surface area contributed by atoms with E-state index in [2.05, 4.69) is 212 Å². The SMILES string of the molecule is Brc1ccccc1.CC.CC(C)(C)[O-].CC1(C)c2ccccc2-c2cc3c(cc21)Cc1cc(Cl)c2ccccc2c1-3.CC1(C)c2ccccc2-c2cc3c4c5ccccc5c(Cl)cc4n(-c4ccccc4)c3cc21.[Na+]. The minimum absolute atomic E-state index is 0. The topological polar surface area (TPSA) is 28.0 Å². The van der Waals surface area contributed by atoms with E-state index in [4.69, 9.17) is 23.2 Å². The van der Waals surface area contributed by atoms with Crippen molar-refractivity contribution in [3.8, 4) is 39.1 Å². The van der Waals surface area contributed by atoms with Crippen LogP contribution in [-0.4, -0.2) is 10.2 Å². The van der Waals surface area contributed by atoms with Crippen LogP contribution in [0.25, 0.3) is 82.4 Å². The van der Waals surface area contributed by atoms with Crippen molar-refractivity contribution in [1.29, 1.82) is 0 Å². The zero-order valence-corrected chi connectivity index (χ0v) is 49.8. The van der Waals surface area contributed by atoms with Crippen LogP contribution in [-0.2, 0) is 17.3 Å². The second-order valence-corrected chi connectivity index (χ2v) is 23.0. The summed E-state index contributed by atoms with van der Waals surface area (Å²) in [6.07, 6.45) is 0.967. The summed E-state index contributed by atoms with van der Waals surface area (Å²) in [7, 11) is 0. The number of hydrogen-bond donors (Lipinski definition) is 0. The molecular formula is C69H61BrCl2NNaO. The van der Waals surface area contributed by atoms with Crippen LogP contribution < -0.4 is 34.7 Å². The van der Waals surface area contributed by atoms with E-state index in [0.717, 1.165) is 42.9 Å². The van der Waals surface area contributed by atoms with E-state index < -0.39 is 5.60 Å². The minimum atomic E-state index is -0.750. The number of hydrogen-bond acceptors (Lipinski definition) is 1. The molecule has 14 rings (SSSR count). The van der Waals surface area contributed by atoms with Gasteiger partial charge in [0.15, 0.2) is 0 Å². The maximum atomic E-state index is 10.1. The molecule has 10 aromatic carbocycles. The second-order valence-electron chi connectivity index (χ2n) is 21.3. The minimum Gasteiger partial charge on any atom is -0.850 e. The van der Waals surface area contributed by atoms with E-state index in [-0.39, 0.29) is 40.4 Å². The van der Waals surface area contributed by atoms with Crippen molar-refractivity contribution in [3.05, 3.63) is 242 Å². The van der Waals surface area contributed by atoms with Gasteiger partial charge in [-0.25, -0.2) is 0 Å². The summed E-state index contributed by atoms with van der Waals surface area (Å²) < 4.78 is 3.51. The number of fused-ring (bicyclic) bond motifs is 16. The Labute approximate surface area is 483 Å². The zero-order valence-electron chi connectivity index (χ0n) is 44.7. The molecule has 3 aliphatic carbocycles. The third-order valence-electron chi connectivity index (χ3n) is 14.7. The molecule has 6 heteroatoms. The molecule has 0 bridgehead atoms. The molecule has 0 amide bonds. The maximum absolute atomic E-state index is 10.1. The Morgan fingerprint density at radius 1 is 0.453 bits per heavy atom. The van der Waals surface area contributed by atoms with Gasteiger partial charge in [-0.3, -0.25) is 0 Å². The van der Waals surface area contributed by atoms with Gasteiger partial charge in [0.1, 0.15) is 0 Å². The Morgan fingerprint density at radius 2 is 0.907 bits per heavy atom. The van der Waals surface area contributed by atoms with Crippen LogP contribution in [0.1, 0.15) is 95.7 Å². The van der Waals surface area contributed by atoms with E-state index in [0.29, 0.717) is 0 Å². The monoisotopic (exact) mass is 1090 g/mol. The van der Waals surface area contributed by atoms with Crippen LogP contribution in [0, 0.1) is 0 Å². The van der Waals surface area contributed by atoms with E-state index in [1.807, 2.05) is 44.2 Å². The first-order chi connectivity index (χ1) is 35.5. The normalized spacial score (nSPS) is 13.5. The molecular weight excluding hydrogens is 1030 g/mol. The first kappa shape index (κ1) is 54.3. The molecule has 3 aliphatic rings. The van der Waals surface area contributed by atoms with Gasteiger partial charge in [0, 0.05) is 47.6 Å². The number of benzene rings is 10. The Kier molecular flexibility index (Phi) is 15.6. The average molecular weight is 1090 g/mol. The molecule has 75 heavy (non-hydrogen) atoms. The van der Waals surface area contributed by atoms with Crippen molar-refractivity contribution in [1.82, 2.24) is 4.57 Å². The predicted molar refractivity (Wildman–Crippen MR) is 321 cm³/mol. The number of aromatic nitrogens is 1. The van der Waals surface area contributed by atoms with Crippen LogP contribution in [0.15, 0.2) is 199 Å². The molecule has 0 N–H and O–H groups in total. The fourth-order valence-corrected chi connectivity index (χ4v) is 12.4. The number of halogens is 3. The van der Waals surface area contributed by atoms with Crippen LogP contribution in [0.5, 0.6) is 0 Å². The fourth-order valence-electron chi connectivity index (χ4n) is 11.5. The predicted octanol–water partition coefficient (Wildman–Crippen LogP) is 16.9. The molecule has 0 radical (unpaired) electrons. The Balaban J connectivity index is 0.000000147. The molecule has 0 fully saturated rings. The smallest absolute Gasteiger partial charge is 0.850 e. The summed E-state index contributed by atoms with van der Waals surface area (Å²) in [6.45, 7) is 18.3. The quantitative estimate of drug-likeness (QED) is 0.151. The molecule has 0 saturated heterocycles. The van der Waals surface area contributed by atoms with Gasteiger partial charge in [-0.2, -0.15) is 0 Å². The largest absolute Gasteiger partial charge is 1.00 e. The van der Waals surface area contributed by atoms with Crippen LogP contribution >= 0.6 is 39.1 Å². The molecule has 0 unspecified atom stereocenters. The van der Waals surface area contributed by atoms with Gasteiger partial charge in [-0.15, -0.1) is 5.60 Å². The summed E-state index contributed by atoms with van der Waals surface area (Å²) in [4.78, 5) is 0. The summed E-state index contributed by atoms with van der Waals surface area (Å²) in [5, 5.41) is 19.0. The molecule has 370 valence electrons. The van der Waals surface area contributed by atoms with Gasteiger partial charge in [-0.1, -0.05) is 241 Å². The molecule has 0 aliphatic heterocycles.